The Bertz CT molecular complexity index is 505. The molecular formula is C15H17ClN2O. The molecule has 0 saturated heterocycles. The molecule has 0 radical (unpaired) electrons. The summed E-state index contributed by atoms with van der Waals surface area (Å²) in [7, 11) is 2.05. The second-order valence-electron chi connectivity index (χ2n) is 4.36. The summed E-state index contributed by atoms with van der Waals surface area (Å²) in [5.74, 6) is 0.804. The quantitative estimate of drug-likeness (QED) is 0.810. The largest absolute Gasteiger partial charge is 0.492 e. The standard InChI is InChI=1S/C15H17ClN2O/c1-18(12-14-6-2-3-8-17-14)9-10-19-15-7-4-5-13(16)11-15/h2-8,11H,9-10,12H2,1H3. The first-order chi connectivity index (χ1) is 9.24. The maximum atomic E-state index is 5.89. The van der Waals surface area contributed by atoms with E-state index < -0.39 is 0 Å². The van der Waals surface area contributed by atoms with Gasteiger partial charge in [-0.05, 0) is 37.4 Å². The maximum absolute atomic E-state index is 5.89. The van der Waals surface area contributed by atoms with Gasteiger partial charge in [0.25, 0.3) is 0 Å². The van der Waals surface area contributed by atoms with Gasteiger partial charge >= 0.3 is 0 Å². The zero-order chi connectivity index (χ0) is 13.5. The number of rotatable bonds is 6. The summed E-state index contributed by atoms with van der Waals surface area (Å²) in [5, 5.41) is 0.694. The van der Waals surface area contributed by atoms with Gasteiger partial charge in [-0.2, -0.15) is 0 Å². The Morgan fingerprint density at radius 2 is 2.11 bits per heavy atom. The molecule has 0 atom stereocenters. The van der Waals surface area contributed by atoms with Crippen LogP contribution in [0.25, 0.3) is 0 Å². The average molecular weight is 277 g/mol. The van der Waals surface area contributed by atoms with Gasteiger partial charge in [-0.25, -0.2) is 0 Å². The zero-order valence-corrected chi connectivity index (χ0v) is 11.7. The van der Waals surface area contributed by atoms with Crippen molar-refractivity contribution in [2.45, 2.75) is 6.54 Å². The van der Waals surface area contributed by atoms with Crippen molar-refractivity contribution in [1.82, 2.24) is 9.88 Å². The van der Waals surface area contributed by atoms with Gasteiger partial charge in [0.05, 0.1) is 5.69 Å². The van der Waals surface area contributed by atoms with E-state index in [-0.39, 0.29) is 0 Å². The van der Waals surface area contributed by atoms with Crippen molar-refractivity contribution in [3.63, 3.8) is 0 Å². The lowest BCUT2D eigenvalue weighted by Crippen LogP contribution is -2.24. The summed E-state index contributed by atoms with van der Waals surface area (Å²) in [6.45, 7) is 2.28. The molecule has 0 amide bonds. The summed E-state index contributed by atoms with van der Waals surface area (Å²) in [5.41, 5.74) is 1.06. The predicted octanol–water partition coefficient (Wildman–Crippen LogP) is 3.25. The normalized spacial score (nSPS) is 10.7. The molecule has 0 aliphatic carbocycles. The molecule has 0 aliphatic rings. The minimum Gasteiger partial charge on any atom is -0.492 e. The van der Waals surface area contributed by atoms with Crippen LogP contribution in [-0.4, -0.2) is 30.1 Å². The number of ether oxygens (including phenoxy) is 1. The third-order valence-corrected chi connectivity index (χ3v) is 2.93. The zero-order valence-electron chi connectivity index (χ0n) is 10.9. The third-order valence-electron chi connectivity index (χ3n) is 2.70. The van der Waals surface area contributed by atoms with E-state index in [2.05, 4.69) is 16.9 Å². The Labute approximate surface area is 118 Å². The second-order valence-corrected chi connectivity index (χ2v) is 4.80. The predicted molar refractivity (Wildman–Crippen MR) is 77.5 cm³/mol. The number of hydrogen-bond donors (Lipinski definition) is 0. The summed E-state index contributed by atoms with van der Waals surface area (Å²) in [6.07, 6.45) is 1.81. The number of pyridine rings is 1. The molecule has 1 aromatic carbocycles. The summed E-state index contributed by atoms with van der Waals surface area (Å²) >= 11 is 5.89. The van der Waals surface area contributed by atoms with Crippen LogP contribution in [0.3, 0.4) is 0 Å². The van der Waals surface area contributed by atoms with E-state index in [0.717, 1.165) is 24.5 Å². The van der Waals surface area contributed by atoms with Crippen molar-refractivity contribution >= 4 is 11.6 Å². The van der Waals surface area contributed by atoms with Crippen LogP contribution in [0.4, 0.5) is 0 Å². The Morgan fingerprint density at radius 3 is 2.84 bits per heavy atom. The van der Waals surface area contributed by atoms with E-state index in [4.69, 9.17) is 16.3 Å². The Hall–Kier alpha value is -1.58. The molecule has 0 unspecified atom stereocenters. The Kier molecular flexibility index (Phi) is 5.19. The lowest BCUT2D eigenvalue weighted by molar-refractivity contribution is 0.231. The summed E-state index contributed by atoms with van der Waals surface area (Å²) < 4.78 is 5.65. The van der Waals surface area contributed by atoms with Gasteiger partial charge in [0.1, 0.15) is 12.4 Å². The van der Waals surface area contributed by atoms with E-state index in [1.54, 1.807) is 0 Å². The summed E-state index contributed by atoms with van der Waals surface area (Å²) in [6, 6.07) is 13.4. The summed E-state index contributed by atoms with van der Waals surface area (Å²) in [4.78, 5) is 6.47. The molecule has 0 spiro atoms. The van der Waals surface area contributed by atoms with E-state index in [1.165, 1.54) is 0 Å². The first-order valence-electron chi connectivity index (χ1n) is 6.21. The molecule has 19 heavy (non-hydrogen) atoms. The van der Waals surface area contributed by atoms with E-state index in [0.29, 0.717) is 11.6 Å². The molecular weight excluding hydrogens is 260 g/mol. The highest BCUT2D eigenvalue weighted by Gasteiger charge is 2.01. The van der Waals surface area contributed by atoms with Crippen molar-refractivity contribution in [3.8, 4) is 5.75 Å². The number of aromatic nitrogens is 1. The first-order valence-corrected chi connectivity index (χ1v) is 6.58. The van der Waals surface area contributed by atoms with E-state index in [1.807, 2.05) is 48.7 Å². The van der Waals surface area contributed by atoms with Crippen LogP contribution in [0.2, 0.25) is 5.02 Å². The van der Waals surface area contributed by atoms with Crippen molar-refractivity contribution in [2.75, 3.05) is 20.2 Å². The van der Waals surface area contributed by atoms with Gasteiger partial charge < -0.3 is 4.74 Å². The van der Waals surface area contributed by atoms with Crippen LogP contribution in [0, 0.1) is 0 Å². The van der Waals surface area contributed by atoms with Crippen LogP contribution in [0.5, 0.6) is 5.75 Å². The number of hydrogen-bond acceptors (Lipinski definition) is 3. The first kappa shape index (κ1) is 13.8. The molecule has 100 valence electrons. The number of halogens is 1. The fraction of sp³-hybridized carbons (Fsp3) is 0.267. The average Bonchev–Trinajstić information content (AvgIpc) is 2.40. The molecule has 0 bridgehead atoms. The van der Waals surface area contributed by atoms with Crippen LogP contribution in [0.15, 0.2) is 48.7 Å². The number of benzene rings is 1. The molecule has 0 fully saturated rings. The molecule has 4 heteroatoms. The maximum Gasteiger partial charge on any atom is 0.120 e. The van der Waals surface area contributed by atoms with Crippen molar-refractivity contribution < 1.29 is 4.74 Å². The highest BCUT2D eigenvalue weighted by molar-refractivity contribution is 6.30. The lowest BCUT2D eigenvalue weighted by atomic mass is 10.3. The van der Waals surface area contributed by atoms with Crippen molar-refractivity contribution in [1.29, 1.82) is 0 Å². The van der Waals surface area contributed by atoms with Crippen LogP contribution < -0.4 is 4.74 Å². The molecule has 0 saturated carbocycles. The monoisotopic (exact) mass is 276 g/mol. The van der Waals surface area contributed by atoms with Crippen molar-refractivity contribution in [2.24, 2.45) is 0 Å². The number of nitrogens with zero attached hydrogens (tertiary/aromatic N) is 2. The number of likely N-dealkylation sites (N-methyl/N-ethyl adjacent to an activating group) is 1. The molecule has 0 aliphatic heterocycles. The molecule has 1 heterocycles. The SMILES string of the molecule is CN(CCOc1cccc(Cl)c1)Cc1ccccn1. The smallest absolute Gasteiger partial charge is 0.120 e. The van der Waals surface area contributed by atoms with Crippen molar-refractivity contribution in [3.05, 3.63) is 59.4 Å². The van der Waals surface area contributed by atoms with Crippen LogP contribution in [-0.2, 0) is 6.54 Å². The van der Waals surface area contributed by atoms with Crippen LogP contribution in [0.1, 0.15) is 5.69 Å². The minimum absolute atomic E-state index is 0.629. The molecule has 1 aromatic heterocycles. The van der Waals surface area contributed by atoms with Gasteiger partial charge in [0, 0.05) is 24.3 Å². The fourth-order valence-corrected chi connectivity index (χ4v) is 1.90. The van der Waals surface area contributed by atoms with E-state index in [9.17, 15) is 0 Å². The van der Waals surface area contributed by atoms with Gasteiger partial charge in [0.15, 0.2) is 0 Å². The molecule has 0 N–H and O–H groups in total. The second kappa shape index (κ2) is 7.12. The van der Waals surface area contributed by atoms with Gasteiger partial charge in [0.2, 0.25) is 0 Å². The lowest BCUT2D eigenvalue weighted by Gasteiger charge is -2.16. The third kappa shape index (κ3) is 4.89. The minimum atomic E-state index is 0.629. The molecule has 3 nitrogen and oxygen atoms in total. The van der Waals surface area contributed by atoms with E-state index >= 15 is 0 Å². The van der Waals surface area contributed by atoms with Gasteiger partial charge in [-0.3, -0.25) is 9.88 Å². The highest BCUT2D eigenvalue weighted by Crippen LogP contribution is 2.16. The van der Waals surface area contributed by atoms with Gasteiger partial charge in [-0.1, -0.05) is 23.7 Å². The molecule has 2 aromatic rings. The van der Waals surface area contributed by atoms with Gasteiger partial charge in [-0.15, -0.1) is 0 Å². The molecule has 2 rings (SSSR count). The fourth-order valence-electron chi connectivity index (χ4n) is 1.72. The Balaban J connectivity index is 1.73. The van der Waals surface area contributed by atoms with Crippen LogP contribution >= 0.6 is 11.6 Å². The topological polar surface area (TPSA) is 25.4 Å². The Morgan fingerprint density at radius 1 is 1.21 bits per heavy atom. The highest BCUT2D eigenvalue weighted by atomic mass is 35.5.